The van der Waals surface area contributed by atoms with Gasteiger partial charge in [-0.05, 0) is 37.5 Å². The van der Waals surface area contributed by atoms with E-state index < -0.39 is 0 Å². The third kappa shape index (κ3) is 5.87. The Morgan fingerprint density at radius 3 is 2.77 bits per heavy atom. The monoisotopic (exact) mass is 365 g/mol. The fourth-order valence-corrected chi connectivity index (χ4v) is 2.92. The van der Waals surface area contributed by atoms with Gasteiger partial charge < -0.3 is 26.0 Å². The van der Waals surface area contributed by atoms with Crippen LogP contribution in [0.25, 0.3) is 0 Å². The maximum absolute atomic E-state index is 13.7. The van der Waals surface area contributed by atoms with Gasteiger partial charge in [0.1, 0.15) is 5.82 Å². The fraction of sp³-hybridized carbons (Fsp3) is 0.556. The number of rotatable bonds is 6. The highest BCUT2D eigenvalue weighted by molar-refractivity contribution is 5.80. The number of carbonyl (C=O) groups excluding carboxylic acids is 1. The van der Waals surface area contributed by atoms with Crippen LogP contribution in [0.4, 0.5) is 9.18 Å². The van der Waals surface area contributed by atoms with Crippen molar-refractivity contribution in [2.45, 2.75) is 39.0 Å². The van der Waals surface area contributed by atoms with E-state index in [1.165, 1.54) is 6.07 Å². The smallest absolute Gasteiger partial charge is 0.314 e. The molecule has 1 aromatic carbocycles. The number of nitrogens with two attached hydrogens (primary N) is 1. The van der Waals surface area contributed by atoms with E-state index in [1.807, 2.05) is 6.92 Å². The number of likely N-dealkylation sites (tertiary alicyclic amines) is 1. The van der Waals surface area contributed by atoms with E-state index in [2.05, 4.69) is 15.6 Å². The van der Waals surface area contributed by atoms with Crippen LogP contribution < -0.4 is 16.4 Å². The lowest BCUT2D eigenvalue weighted by Gasteiger charge is -2.32. The van der Waals surface area contributed by atoms with Gasteiger partial charge in [-0.1, -0.05) is 6.07 Å². The van der Waals surface area contributed by atoms with Gasteiger partial charge in [0.25, 0.3) is 0 Å². The maximum atomic E-state index is 13.7. The Labute approximate surface area is 153 Å². The molecule has 0 bridgehead atoms. The zero-order valence-electron chi connectivity index (χ0n) is 15.4. The molecule has 1 aliphatic heterocycles. The van der Waals surface area contributed by atoms with E-state index in [0.29, 0.717) is 31.2 Å². The molecule has 0 aliphatic carbocycles. The molecular weight excluding hydrogens is 337 g/mol. The van der Waals surface area contributed by atoms with Crippen LogP contribution in [-0.2, 0) is 17.9 Å². The van der Waals surface area contributed by atoms with Gasteiger partial charge in [0.15, 0.2) is 5.96 Å². The van der Waals surface area contributed by atoms with Crippen molar-refractivity contribution in [1.82, 2.24) is 15.5 Å². The lowest BCUT2D eigenvalue weighted by molar-refractivity contribution is 0.181. The van der Waals surface area contributed by atoms with Crippen LogP contribution in [0.1, 0.15) is 30.9 Å². The Bertz CT molecular complexity index is 630. The summed E-state index contributed by atoms with van der Waals surface area (Å²) in [6, 6.07) is 4.82. The van der Waals surface area contributed by atoms with Gasteiger partial charge in [-0.15, -0.1) is 0 Å². The SMILES string of the molecule is CCNC(=NCc1ccc(F)c(COC)c1)NC1CCN(C(N)=O)CC1. The first-order valence-corrected chi connectivity index (χ1v) is 8.89. The molecule has 8 heteroatoms. The number of benzene rings is 1. The van der Waals surface area contributed by atoms with E-state index >= 15 is 0 Å². The van der Waals surface area contributed by atoms with Crippen molar-refractivity contribution in [2.24, 2.45) is 10.7 Å². The Kier molecular flexibility index (Phi) is 7.65. The Morgan fingerprint density at radius 2 is 2.15 bits per heavy atom. The zero-order valence-corrected chi connectivity index (χ0v) is 15.4. The van der Waals surface area contributed by atoms with Crippen LogP contribution in [0.2, 0.25) is 0 Å². The maximum Gasteiger partial charge on any atom is 0.314 e. The Morgan fingerprint density at radius 1 is 1.42 bits per heavy atom. The number of nitrogens with one attached hydrogen (secondary N) is 2. The number of guanidine groups is 1. The molecule has 7 nitrogen and oxygen atoms in total. The van der Waals surface area contributed by atoms with Crippen LogP contribution in [0.15, 0.2) is 23.2 Å². The molecule has 144 valence electrons. The van der Waals surface area contributed by atoms with E-state index in [0.717, 1.165) is 24.9 Å². The molecule has 2 rings (SSSR count). The molecule has 1 fully saturated rings. The second-order valence-electron chi connectivity index (χ2n) is 6.30. The highest BCUT2D eigenvalue weighted by Gasteiger charge is 2.21. The molecule has 1 saturated heterocycles. The molecule has 0 unspecified atom stereocenters. The third-order valence-electron chi connectivity index (χ3n) is 4.32. The molecule has 1 aromatic rings. The van der Waals surface area contributed by atoms with Crippen LogP contribution >= 0.6 is 0 Å². The summed E-state index contributed by atoms with van der Waals surface area (Å²) in [6.07, 6.45) is 1.64. The van der Waals surface area contributed by atoms with E-state index in [-0.39, 0.29) is 24.5 Å². The van der Waals surface area contributed by atoms with Crippen molar-refractivity contribution < 1.29 is 13.9 Å². The first-order valence-electron chi connectivity index (χ1n) is 8.89. The van der Waals surface area contributed by atoms with Gasteiger partial charge >= 0.3 is 6.03 Å². The minimum Gasteiger partial charge on any atom is -0.380 e. The van der Waals surface area contributed by atoms with Gasteiger partial charge in [0, 0.05) is 38.3 Å². The van der Waals surface area contributed by atoms with Crippen molar-refractivity contribution in [1.29, 1.82) is 0 Å². The number of urea groups is 1. The second-order valence-corrected chi connectivity index (χ2v) is 6.30. The topological polar surface area (TPSA) is 92.0 Å². The Hall–Kier alpha value is -2.35. The molecule has 4 N–H and O–H groups in total. The summed E-state index contributed by atoms with van der Waals surface area (Å²) in [7, 11) is 1.54. The third-order valence-corrected chi connectivity index (χ3v) is 4.32. The van der Waals surface area contributed by atoms with E-state index in [9.17, 15) is 9.18 Å². The second kappa shape index (κ2) is 9.96. The van der Waals surface area contributed by atoms with Gasteiger partial charge in [0.05, 0.1) is 13.2 Å². The summed E-state index contributed by atoms with van der Waals surface area (Å²) in [6.45, 7) is 4.70. The summed E-state index contributed by atoms with van der Waals surface area (Å²) >= 11 is 0. The molecule has 0 atom stereocenters. The number of nitrogens with zero attached hydrogens (tertiary/aromatic N) is 2. The van der Waals surface area contributed by atoms with Gasteiger partial charge in [0.2, 0.25) is 0 Å². The normalized spacial score (nSPS) is 15.8. The number of hydrogen-bond donors (Lipinski definition) is 3. The lowest BCUT2D eigenvalue weighted by Crippen LogP contribution is -2.50. The quantitative estimate of drug-likeness (QED) is 0.527. The average Bonchev–Trinajstić information content (AvgIpc) is 2.63. The van der Waals surface area contributed by atoms with Gasteiger partial charge in [-0.3, -0.25) is 0 Å². The molecular formula is C18H28FN5O2. The predicted molar refractivity (Wildman–Crippen MR) is 99.2 cm³/mol. The van der Waals surface area contributed by atoms with Crippen molar-refractivity contribution >= 4 is 12.0 Å². The number of hydrogen-bond acceptors (Lipinski definition) is 3. The molecule has 0 saturated carbocycles. The molecule has 1 heterocycles. The van der Waals surface area contributed by atoms with Crippen molar-refractivity contribution in [3.05, 3.63) is 35.1 Å². The minimum absolute atomic E-state index is 0.236. The molecule has 0 spiro atoms. The Balaban J connectivity index is 1.96. The standard InChI is InChI=1S/C18H28FN5O2/c1-3-21-18(23-15-6-8-24(9-7-15)17(20)25)22-11-13-4-5-16(19)14(10-13)12-26-2/h4-5,10,15H,3,6-9,11-12H2,1-2H3,(H2,20,25)(H2,21,22,23). The largest absolute Gasteiger partial charge is 0.380 e. The lowest BCUT2D eigenvalue weighted by atomic mass is 10.1. The summed E-state index contributed by atoms with van der Waals surface area (Å²) in [5, 5.41) is 6.62. The molecule has 1 aliphatic rings. The molecule has 26 heavy (non-hydrogen) atoms. The van der Waals surface area contributed by atoms with Crippen LogP contribution in [0.5, 0.6) is 0 Å². The van der Waals surface area contributed by atoms with Crippen molar-refractivity contribution in [3.8, 4) is 0 Å². The van der Waals surface area contributed by atoms with Crippen molar-refractivity contribution in [2.75, 3.05) is 26.7 Å². The van der Waals surface area contributed by atoms with Crippen LogP contribution in [0, 0.1) is 5.82 Å². The van der Waals surface area contributed by atoms with Crippen LogP contribution in [-0.4, -0.2) is 49.7 Å². The fourth-order valence-electron chi connectivity index (χ4n) is 2.92. The van der Waals surface area contributed by atoms with Gasteiger partial charge in [-0.25, -0.2) is 14.2 Å². The number of primary amides is 1. The summed E-state index contributed by atoms with van der Waals surface area (Å²) < 4.78 is 18.7. The molecule has 0 radical (unpaired) electrons. The minimum atomic E-state index is -0.368. The number of piperidine rings is 1. The molecule has 0 aromatic heterocycles. The number of methoxy groups -OCH3 is 1. The zero-order chi connectivity index (χ0) is 18.9. The summed E-state index contributed by atoms with van der Waals surface area (Å²) in [4.78, 5) is 17.4. The summed E-state index contributed by atoms with van der Waals surface area (Å²) in [5.41, 5.74) is 6.75. The predicted octanol–water partition coefficient (Wildman–Crippen LogP) is 1.57. The molecule has 2 amide bonds. The number of aliphatic imine (C=N–C) groups is 1. The number of amides is 2. The highest BCUT2D eigenvalue weighted by atomic mass is 19.1. The first kappa shape index (κ1) is 20.0. The van der Waals surface area contributed by atoms with Crippen molar-refractivity contribution in [3.63, 3.8) is 0 Å². The summed E-state index contributed by atoms with van der Waals surface area (Å²) in [5.74, 6) is 0.438. The first-order chi connectivity index (χ1) is 12.5. The van der Waals surface area contributed by atoms with E-state index in [1.54, 1.807) is 24.1 Å². The van der Waals surface area contributed by atoms with E-state index in [4.69, 9.17) is 10.5 Å². The van der Waals surface area contributed by atoms with Crippen LogP contribution in [0.3, 0.4) is 0 Å². The van der Waals surface area contributed by atoms with Gasteiger partial charge in [-0.2, -0.15) is 0 Å². The highest BCUT2D eigenvalue weighted by Crippen LogP contribution is 2.13. The average molecular weight is 365 g/mol. The number of halogens is 1. The number of carbonyl (C=O) groups is 1. The number of ether oxygens (including phenoxy) is 1.